The molecule has 2 heterocycles. The minimum absolute atomic E-state index is 0.830. The molecule has 0 spiro atoms. The van der Waals surface area contributed by atoms with Crippen molar-refractivity contribution in [3.8, 4) is 11.3 Å². The second kappa shape index (κ2) is 3.20. The van der Waals surface area contributed by atoms with E-state index in [1.165, 1.54) is 0 Å². The van der Waals surface area contributed by atoms with Crippen molar-refractivity contribution in [2.45, 2.75) is 0 Å². The predicted molar refractivity (Wildman–Crippen MR) is 59.3 cm³/mol. The molecule has 0 unspecified atom stereocenters. The average Bonchev–Trinajstić information content (AvgIpc) is 2.74. The van der Waals surface area contributed by atoms with Crippen molar-refractivity contribution in [3.63, 3.8) is 0 Å². The molecular weight excluding hydrogens is 186 g/mol. The van der Waals surface area contributed by atoms with Gasteiger partial charge >= 0.3 is 0 Å². The Hall–Kier alpha value is -2.16. The van der Waals surface area contributed by atoms with Crippen LogP contribution < -0.4 is 0 Å². The highest BCUT2D eigenvalue weighted by molar-refractivity contribution is 5.79. The number of fused-ring (bicyclic) bond motifs is 1. The van der Waals surface area contributed by atoms with Crippen molar-refractivity contribution >= 4 is 11.2 Å². The molecule has 0 atom stereocenters. The van der Waals surface area contributed by atoms with Crippen LogP contribution >= 0.6 is 0 Å². The van der Waals surface area contributed by atoms with Crippen LogP contribution in [0.15, 0.2) is 48.8 Å². The van der Waals surface area contributed by atoms with Gasteiger partial charge in [-0.05, 0) is 11.6 Å². The molecule has 0 saturated heterocycles. The van der Waals surface area contributed by atoms with Crippen LogP contribution in [0, 0.1) is 0 Å². The topological polar surface area (TPSA) is 41.6 Å². The first-order valence-corrected chi connectivity index (χ1v) is 4.78. The number of aromatic amines is 1. The summed E-state index contributed by atoms with van der Waals surface area (Å²) in [4.78, 5) is 11.7. The number of nitrogens with one attached hydrogen (secondary N) is 1. The van der Waals surface area contributed by atoms with E-state index in [0.717, 1.165) is 22.4 Å². The summed E-state index contributed by atoms with van der Waals surface area (Å²) in [5, 5.41) is 0. The van der Waals surface area contributed by atoms with Gasteiger partial charge in [0.25, 0.3) is 0 Å². The summed E-state index contributed by atoms with van der Waals surface area (Å²) in [6, 6.07) is 12.2. The summed E-state index contributed by atoms with van der Waals surface area (Å²) < 4.78 is 0. The Bertz CT molecular complexity index is 551. The van der Waals surface area contributed by atoms with Gasteiger partial charge in [-0.3, -0.25) is 4.98 Å². The second-order valence-electron chi connectivity index (χ2n) is 3.34. The van der Waals surface area contributed by atoms with Gasteiger partial charge < -0.3 is 4.98 Å². The number of benzene rings is 1. The first kappa shape index (κ1) is 8.17. The van der Waals surface area contributed by atoms with Crippen LogP contribution in [0.2, 0.25) is 0 Å². The standard InChI is InChI=1S/C12H9N3/c1-2-4-9(5-3-1)10-8-11-12(15-10)14-7-6-13-11/h1-8H,(H,14,15). The van der Waals surface area contributed by atoms with Gasteiger partial charge in [-0.1, -0.05) is 30.3 Å². The van der Waals surface area contributed by atoms with Gasteiger partial charge in [-0.15, -0.1) is 0 Å². The molecule has 3 nitrogen and oxygen atoms in total. The molecule has 3 rings (SSSR count). The van der Waals surface area contributed by atoms with E-state index < -0.39 is 0 Å². The van der Waals surface area contributed by atoms with Crippen molar-refractivity contribution < 1.29 is 0 Å². The average molecular weight is 195 g/mol. The summed E-state index contributed by atoms with van der Waals surface area (Å²) in [6.45, 7) is 0. The van der Waals surface area contributed by atoms with Crippen molar-refractivity contribution in [2.75, 3.05) is 0 Å². The molecule has 0 aliphatic heterocycles. The van der Waals surface area contributed by atoms with Crippen molar-refractivity contribution in [3.05, 3.63) is 48.8 Å². The summed E-state index contributed by atoms with van der Waals surface area (Å²) in [7, 11) is 0. The van der Waals surface area contributed by atoms with Gasteiger partial charge in [-0.2, -0.15) is 0 Å². The van der Waals surface area contributed by atoms with E-state index in [4.69, 9.17) is 0 Å². The lowest BCUT2D eigenvalue weighted by Gasteiger charge is -1.94. The van der Waals surface area contributed by atoms with E-state index in [1.807, 2.05) is 24.3 Å². The molecule has 1 aromatic carbocycles. The fraction of sp³-hybridized carbons (Fsp3) is 0. The molecule has 0 radical (unpaired) electrons. The highest BCUT2D eigenvalue weighted by Gasteiger charge is 2.03. The zero-order valence-corrected chi connectivity index (χ0v) is 8.01. The normalized spacial score (nSPS) is 10.7. The molecule has 1 N–H and O–H groups in total. The van der Waals surface area contributed by atoms with E-state index >= 15 is 0 Å². The van der Waals surface area contributed by atoms with Crippen LogP contribution in [-0.4, -0.2) is 15.0 Å². The number of aromatic nitrogens is 3. The number of H-pyrrole nitrogens is 1. The van der Waals surface area contributed by atoms with Crippen LogP contribution in [0.4, 0.5) is 0 Å². The first-order chi connectivity index (χ1) is 7.43. The van der Waals surface area contributed by atoms with E-state index in [2.05, 4.69) is 27.1 Å². The quantitative estimate of drug-likeness (QED) is 0.648. The lowest BCUT2D eigenvalue weighted by atomic mass is 10.2. The van der Waals surface area contributed by atoms with Gasteiger partial charge in [-0.25, -0.2) is 4.98 Å². The van der Waals surface area contributed by atoms with Crippen molar-refractivity contribution in [2.24, 2.45) is 0 Å². The Labute approximate surface area is 86.8 Å². The Kier molecular flexibility index (Phi) is 1.75. The predicted octanol–water partition coefficient (Wildman–Crippen LogP) is 2.62. The third-order valence-corrected chi connectivity index (χ3v) is 2.35. The molecule has 0 saturated carbocycles. The Morgan fingerprint density at radius 1 is 0.933 bits per heavy atom. The Balaban J connectivity index is 2.21. The highest BCUT2D eigenvalue weighted by Crippen LogP contribution is 2.20. The monoisotopic (exact) mass is 195 g/mol. The third kappa shape index (κ3) is 1.38. The maximum absolute atomic E-state index is 4.23. The molecule has 15 heavy (non-hydrogen) atoms. The fourth-order valence-corrected chi connectivity index (χ4v) is 1.62. The maximum atomic E-state index is 4.23. The molecule has 2 aromatic heterocycles. The minimum Gasteiger partial charge on any atom is -0.338 e. The first-order valence-electron chi connectivity index (χ1n) is 4.78. The van der Waals surface area contributed by atoms with Gasteiger partial charge in [0.15, 0.2) is 5.65 Å². The number of nitrogens with zero attached hydrogens (tertiary/aromatic N) is 2. The van der Waals surface area contributed by atoms with Gasteiger partial charge in [0.1, 0.15) is 5.52 Å². The number of rotatable bonds is 1. The zero-order chi connectivity index (χ0) is 10.1. The molecular formula is C12H9N3. The zero-order valence-electron chi connectivity index (χ0n) is 8.01. The Morgan fingerprint density at radius 2 is 1.73 bits per heavy atom. The highest BCUT2D eigenvalue weighted by atomic mass is 14.9. The van der Waals surface area contributed by atoms with Gasteiger partial charge in [0, 0.05) is 18.1 Å². The van der Waals surface area contributed by atoms with Crippen LogP contribution in [-0.2, 0) is 0 Å². The Morgan fingerprint density at radius 3 is 2.53 bits per heavy atom. The maximum Gasteiger partial charge on any atom is 0.156 e. The summed E-state index contributed by atoms with van der Waals surface area (Å²) in [5.41, 5.74) is 3.93. The molecule has 0 amide bonds. The van der Waals surface area contributed by atoms with Gasteiger partial charge in [0.2, 0.25) is 0 Å². The lowest BCUT2D eigenvalue weighted by Crippen LogP contribution is -1.77. The summed E-state index contributed by atoms with van der Waals surface area (Å²) in [6.07, 6.45) is 3.39. The van der Waals surface area contributed by atoms with E-state index in [1.54, 1.807) is 12.4 Å². The molecule has 0 bridgehead atoms. The minimum atomic E-state index is 0.830. The van der Waals surface area contributed by atoms with Gasteiger partial charge in [0.05, 0.1) is 0 Å². The van der Waals surface area contributed by atoms with Crippen LogP contribution in [0.1, 0.15) is 0 Å². The third-order valence-electron chi connectivity index (χ3n) is 2.35. The molecule has 3 heteroatoms. The van der Waals surface area contributed by atoms with Crippen molar-refractivity contribution in [1.82, 2.24) is 15.0 Å². The molecule has 72 valence electrons. The number of hydrogen-bond acceptors (Lipinski definition) is 2. The molecule has 3 aromatic rings. The summed E-state index contributed by atoms with van der Waals surface area (Å²) in [5.74, 6) is 0. The smallest absolute Gasteiger partial charge is 0.156 e. The molecule has 0 aliphatic rings. The molecule has 0 fully saturated rings. The van der Waals surface area contributed by atoms with E-state index in [0.29, 0.717) is 0 Å². The van der Waals surface area contributed by atoms with E-state index in [-0.39, 0.29) is 0 Å². The van der Waals surface area contributed by atoms with Crippen LogP contribution in [0.25, 0.3) is 22.4 Å². The molecule has 0 aliphatic carbocycles. The second-order valence-corrected chi connectivity index (χ2v) is 3.34. The number of hydrogen-bond donors (Lipinski definition) is 1. The summed E-state index contributed by atoms with van der Waals surface area (Å²) >= 11 is 0. The largest absolute Gasteiger partial charge is 0.338 e. The van der Waals surface area contributed by atoms with Crippen LogP contribution in [0.5, 0.6) is 0 Å². The van der Waals surface area contributed by atoms with Crippen molar-refractivity contribution in [1.29, 1.82) is 0 Å². The SMILES string of the molecule is c1ccc(-c2cc3nccnc3[nH]2)cc1. The van der Waals surface area contributed by atoms with Crippen LogP contribution in [0.3, 0.4) is 0 Å². The van der Waals surface area contributed by atoms with E-state index in [9.17, 15) is 0 Å². The lowest BCUT2D eigenvalue weighted by molar-refractivity contribution is 1.26. The fourth-order valence-electron chi connectivity index (χ4n) is 1.62.